The van der Waals surface area contributed by atoms with E-state index in [1.807, 2.05) is 6.20 Å². The fourth-order valence-corrected chi connectivity index (χ4v) is 1.69. The number of carboxylic acid groups (broad SMARTS) is 2. The summed E-state index contributed by atoms with van der Waals surface area (Å²) in [6.07, 6.45) is 5.00. The predicted octanol–water partition coefficient (Wildman–Crippen LogP) is 0.703. The largest absolute Gasteiger partial charge is 0.481 e. The van der Waals surface area contributed by atoms with Crippen molar-refractivity contribution in [3.63, 3.8) is 0 Å². The number of aliphatic carboxylic acids is 2. The highest BCUT2D eigenvalue weighted by Crippen LogP contribution is 2.12. The third kappa shape index (κ3) is 4.52. The van der Waals surface area contributed by atoms with Crippen LogP contribution in [0.5, 0.6) is 0 Å². The first-order chi connectivity index (χ1) is 8.50. The Hall–Kier alpha value is -1.92. The van der Waals surface area contributed by atoms with Crippen LogP contribution in [0.3, 0.4) is 0 Å². The first-order valence-corrected chi connectivity index (χ1v) is 5.81. The molecule has 0 fully saturated rings. The lowest BCUT2D eigenvalue weighted by Gasteiger charge is -2.06. The minimum atomic E-state index is -1.29. The molecule has 0 spiro atoms. The molecule has 7 nitrogen and oxygen atoms in total. The zero-order valence-electron chi connectivity index (χ0n) is 10.2. The zero-order chi connectivity index (χ0) is 13.5. The van der Waals surface area contributed by atoms with Crippen molar-refractivity contribution < 1.29 is 19.8 Å². The van der Waals surface area contributed by atoms with E-state index in [0.29, 0.717) is 6.42 Å². The molecule has 0 saturated carbocycles. The molecule has 18 heavy (non-hydrogen) atoms. The molecule has 0 unspecified atom stereocenters. The lowest BCUT2D eigenvalue weighted by molar-refractivity contribution is -0.154. The van der Waals surface area contributed by atoms with Crippen molar-refractivity contribution in [2.24, 2.45) is 13.0 Å². The molecule has 1 rings (SSSR count). The van der Waals surface area contributed by atoms with Crippen LogP contribution in [-0.2, 0) is 23.1 Å². The molecule has 0 radical (unpaired) electrons. The zero-order valence-corrected chi connectivity index (χ0v) is 10.2. The lowest BCUT2D eigenvalue weighted by atomic mass is 10.0. The van der Waals surface area contributed by atoms with Crippen LogP contribution in [0.15, 0.2) is 6.20 Å². The molecule has 0 atom stereocenters. The van der Waals surface area contributed by atoms with Crippen molar-refractivity contribution in [3.8, 4) is 0 Å². The van der Waals surface area contributed by atoms with Gasteiger partial charge in [0, 0.05) is 13.2 Å². The van der Waals surface area contributed by atoms with Gasteiger partial charge in [-0.15, -0.1) is 5.10 Å². The first kappa shape index (κ1) is 14.1. The van der Waals surface area contributed by atoms with E-state index in [2.05, 4.69) is 10.3 Å². The molecule has 7 heteroatoms. The molecule has 0 aliphatic carbocycles. The lowest BCUT2D eigenvalue weighted by Crippen LogP contribution is -2.23. The van der Waals surface area contributed by atoms with E-state index in [0.717, 1.165) is 25.0 Å². The highest BCUT2D eigenvalue weighted by atomic mass is 16.4. The summed E-state index contributed by atoms with van der Waals surface area (Å²) in [4.78, 5) is 21.3. The van der Waals surface area contributed by atoms with Crippen LogP contribution in [0.4, 0.5) is 0 Å². The molecule has 0 saturated heterocycles. The molecule has 0 aromatic carbocycles. The van der Waals surface area contributed by atoms with Gasteiger partial charge in [0.25, 0.3) is 0 Å². The van der Waals surface area contributed by atoms with E-state index >= 15 is 0 Å². The van der Waals surface area contributed by atoms with Crippen LogP contribution in [0.1, 0.15) is 31.4 Å². The second-order valence-electron chi connectivity index (χ2n) is 4.21. The highest BCUT2D eigenvalue weighted by Gasteiger charge is 2.24. The Morgan fingerprint density at radius 1 is 1.28 bits per heavy atom. The number of aromatic nitrogens is 3. The molecule has 0 aliphatic rings. The van der Waals surface area contributed by atoms with E-state index in [1.165, 1.54) is 0 Å². The minimum absolute atomic E-state index is 0.172. The maximum absolute atomic E-state index is 10.6. The topological polar surface area (TPSA) is 105 Å². The summed E-state index contributed by atoms with van der Waals surface area (Å²) in [7, 11) is 1.79. The summed E-state index contributed by atoms with van der Waals surface area (Å²) in [5, 5.41) is 25.1. The number of aryl methyl sites for hydroxylation is 2. The summed E-state index contributed by atoms with van der Waals surface area (Å²) in [5.41, 5.74) is 0.894. The molecule has 1 aromatic rings. The smallest absolute Gasteiger partial charge is 0.317 e. The van der Waals surface area contributed by atoms with Crippen LogP contribution < -0.4 is 0 Å². The number of hydrogen-bond acceptors (Lipinski definition) is 4. The Morgan fingerprint density at radius 2 is 1.94 bits per heavy atom. The Morgan fingerprint density at radius 3 is 2.44 bits per heavy atom. The summed E-state index contributed by atoms with van der Waals surface area (Å²) in [6, 6.07) is 0. The van der Waals surface area contributed by atoms with Gasteiger partial charge in [0.05, 0.1) is 5.69 Å². The van der Waals surface area contributed by atoms with E-state index in [1.54, 1.807) is 11.7 Å². The summed E-state index contributed by atoms with van der Waals surface area (Å²) in [5.74, 6) is -3.82. The van der Waals surface area contributed by atoms with Crippen molar-refractivity contribution in [3.05, 3.63) is 11.9 Å². The van der Waals surface area contributed by atoms with Crippen molar-refractivity contribution in [2.45, 2.75) is 32.1 Å². The average Bonchev–Trinajstić information content (AvgIpc) is 2.68. The Kier molecular flexibility index (Phi) is 5.29. The van der Waals surface area contributed by atoms with E-state index in [-0.39, 0.29) is 6.42 Å². The predicted molar refractivity (Wildman–Crippen MR) is 61.9 cm³/mol. The number of carboxylic acids is 2. The van der Waals surface area contributed by atoms with E-state index in [9.17, 15) is 9.59 Å². The Labute approximate surface area is 104 Å². The molecular formula is C11H17N3O4. The third-order valence-electron chi connectivity index (χ3n) is 2.67. The van der Waals surface area contributed by atoms with Crippen LogP contribution in [0.2, 0.25) is 0 Å². The van der Waals surface area contributed by atoms with Crippen molar-refractivity contribution >= 4 is 11.9 Å². The van der Waals surface area contributed by atoms with Crippen molar-refractivity contribution in [1.82, 2.24) is 15.0 Å². The second-order valence-corrected chi connectivity index (χ2v) is 4.21. The van der Waals surface area contributed by atoms with Gasteiger partial charge in [-0.05, 0) is 19.3 Å². The van der Waals surface area contributed by atoms with Gasteiger partial charge < -0.3 is 10.2 Å². The van der Waals surface area contributed by atoms with Crippen molar-refractivity contribution in [2.75, 3.05) is 0 Å². The number of hydrogen-bond donors (Lipinski definition) is 2. The third-order valence-corrected chi connectivity index (χ3v) is 2.67. The molecular weight excluding hydrogens is 238 g/mol. The van der Waals surface area contributed by atoms with Gasteiger partial charge in [-0.2, -0.15) is 0 Å². The molecule has 0 amide bonds. The summed E-state index contributed by atoms with van der Waals surface area (Å²) >= 11 is 0. The SMILES string of the molecule is Cn1cc(CCCCCC(C(=O)O)C(=O)O)nn1. The van der Waals surface area contributed by atoms with Gasteiger partial charge in [-0.1, -0.05) is 18.1 Å². The van der Waals surface area contributed by atoms with E-state index in [4.69, 9.17) is 10.2 Å². The fraction of sp³-hybridized carbons (Fsp3) is 0.636. The Bertz CT molecular complexity index is 402. The normalized spacial score (nSPS) is 10.8. The van der Waals surface area contributed by atoms with Crippen molar-refractivity contribution in [1.29, 1.82) is 0 Å². The Balaban J connectivity index is 2.18. The maximum atomic E-state index is 10.6. The molecule has 0 bridgehead atoms. The first-order valence-electron chi connectivity index (χ1n) is 5.81. The van der Waals surface area contributed by atoms with Gasteiger partial charge in [0.2, 0.25) is 0 Å². The fourth-order valence-electron chi connectivity index (χ4n) is 1.69. The standard InChI is InChI=1S/C11H17N3O4/c1-14-7-8(12-13-14)5-3-2-4-6-9(10(15)16)11(17)18/h7,9H,2-6H2,1H3,(H,15,16)(H,17,18). The molecule has 2 N–H and O–H groups in total. The summed E-state index contributed by atoms with van der Waals surface area (Å²) in [6.45, 7) is 0. The van der Waals surface area contributed by atoms with Crippen LogP contribution in [-0.4, -0.2) is 37.1 Å². The molecule has 1 heterocycles. The molecule has 100 valence electrons. The number of unbranched alkanes of at least 4 members (excludes halogenated alkanes) is 2. The minimum Gasteiger partial charge on any atom is -0.481 e. The van der Waals surface area contributed by atoms with E-state index < -0.39 is 17.9 Å². The monoisotopic (exact) mass is 255 g/mol. The van der Waals surface area contributed by atoms with Gasteiger partial charge in [-0.25, -0.2) is 0 Å². The number of rotatable bonds is 8. The van der Waals surface area contributed by atoms with Crippen LogP contribution in [0.25, 0.3) is 0 Å². The number of nitrogens with zero attached hydrogens (tertiary/aromatic N) is 3. The van der Waals surface area contributed by atoms with Gasteiger partial charge in [0.1, 0.15) is 0 Å². The van der Waals surface area contributed by atoms with Gasteiger partial charge in [-0.3, -0.25) is 14.3 Å². The highest BCUT2D eigenvalue weighted by molar-refractivity contribution is 5.92. The van der Waals surface area contributed by atoms with Gasteiger partial charge >= 0.3 is 11.9 Å². The molecule has 0 aliphatic heterocycles. The quantitative estimate of drug-likeness (QED) is 0.523. The summed E-state index contributed by atoms with van der Waals surface area (Å²) < 4.78 is 1.63. The van der Waals surface area contributed by atoms with Crippen LogP contribution in [0, 0.1) is 5.92 Å². The van der Waals surface area contributed by atoms with Gasteiger partial charge in [0.15, 0.2) is 5.92 Å². The second kappa shape index (κ2) is 6.73. The van der Waals surface area contributed by atoms with Crippen LogP contribution >= 0.6 is 0 Å². The molecule has 1 aromatic heterocycles. The number of carbonyl (C=O) groups is 2. The maximum Gasteiger partial charge on any atom is 0.317 e. The average molecular weight is 255 g/mol.